The van der Waals surface area contributed by atoms with E-state index < -0.39 is 0 Å². The van der Waals surface area contributed by atoms with Crippen LogP contribution >= 0.6 is 0 Å². The summed E-state index contributed by atoms with van der Waals surface area (Å²) in [6.45, 7) is 7.24. The summed E-state index contributed by atoms with van der Waals surface area (Å²) < 4.78 is 5.06. The standard InChI is InChI=1S/C11H22N2O/c1-11(2)13(9-10-14-3)8-6-4-5-7-12/h11H,4-6,8-10H2,1-3H3. The Morgan fingerprint density at radius 1 is 1.29 bits per heavy atom. The van der Waals surface area contributed by atoms with Crippen molar-refractivity contribution in [3.05, 3.63) is 0 Å². The van der Waals surface area contributed by atoms with E-state index >= 15 is 0 Å². The van der Waals surface area contributed by atoms with Crippen LogP contribution in [0.3, 0.4) is 0 Å². The highest BCUT2D eigenvalue weighted by molar-refractivity contribution is 4.69. The maximum absolute atomic E-state index is 8.40. The SMILES string of the molecule is COCCN(CCCCC#N)C(C)C. The number of unbranched alkanes of at least 4 members (excludes halogenated alkanes) is 2. The fraction of sp³-hybridized carbons (Fsp3) is 0.909. The summed E-state index contributed by atoms with van der Waals surface area (Å²) >= 11 is 0. The third-order valence-corrected chi connectivity index (χ3v) is 2.30. The highest BCUT2D eigenvalue weighted by atomic mass is 16.5. The number of nitrogens with zero attached hydrogens (tertiary/aromatic N) is 2. The second-order valence-electron chi connectivity index (χ2n) is 3.74. The quantitative estimate of drug-likeness (QED) is 0.560. The zero-order valence-corrected chi connectivity index (χ0v) is 9.62. The molecule has 0 aliphatic carbocycles. The smallest absolute Gasteiger partial charge is 0.0621 e. The van der Waals surface area contributed by atoms with Gasteiger partial charge in [-0.3, -0.25) is 4.90 Å². The first kappa shape index (κ1) is 13.4. The third-order valence-electron chi connectivity index (χ3n) is 2.30. The van der Waals surface area contributed by atoms with Gasteiger partial charge in [-0.15, -0.1) is 0 Å². The fourth-order valence-corrected chi connectivity index (χ4v) is 1.36. The summed E-state index contributed by atoms with van der Waals surface area (Å²) in [5.41, 5.74) is 0. The molecule has 0 amide bonds. The van der Waals surface area contributed by atoms with Gasteiger partial charge >= 0.3 is 0 Å². The lowest BCUT2D eigenvalue weighted by molar-refractivity contribution is 0.128. The van der Waals surface area contributed by atoms with Gasteiger partial charge in [-0.1, -0.05) is 0 Å². The third kappa shape index (κ3) is 6.88. The second kappa shape index (κ2) is 8.98. The van der Waals surface area contributed by atoms with Crippen molar-refractivity contribution in [1.29, 1.82) is 5.26 Å². The van der Waals surface area contributed by atoms with E-state index in [1.807, 2.05) is 0 Å². The number of methoxy groups -OCH3 is 1. The Hall–Kier alpha value is -0.590. The topological polar surface area (TPSA) is 36.3 Å². The minimum Gasteiger partial charge on any atom is -0.383 e. The Morgan fingerprint density at radius 2 is 2.00 bits per heavy atom. The van der Waals surface area contributed by atoms with Gasteiger partial charge in [0.05, 0.1) is 12.7 Å². The van der Waals surface area contributed by atoms with Gasteiger partial charge in [-0.2, -0.15) is 5.26 Å². The van der Waals surface area contributed by atoms with Crippen LogP contribution in [0.15, 0.2) is 0 Å². The molecule has 0 saturated carbocycles. The number of hydrogen-bond acceptors (Lipinski definition) is 3. The van der Waals surface area contributed by atoms with E-state index in [1.54, 1.807) is 7.11 Å². The molecule has 0 saturated heterocycles. The molecule has 3 nitrogen and oxygen atoms in total. The monoisotopic (exact) mass is 198 g/mol. The van der Waals surface area contributed by atoms with Crippen molar-refractivity contribution in [3.63, 3.8) is 0 Å². The van der Waals surface area contributed by atoms with Crippen molar-refractivity contribution in [2.75, 3.05) is 26.8 Å². The highest BCUT2D eigenvalue weighted by Gasteiger charge is 2.07. The molecule has 0 aromatic heterocycles. The molecule has 0 unspecified atom stereocenters. The molecular weight excluding hydrogens is 176 g/mol. The number of hydrogen-bond donors (Lipinski definition) is 0. The molecular formula is C11H22N2O. The van der Waals surface area contributed by atoms with E-state index in [-0.39, 0.29) is 0 Å². The van der Waals surface area contributed by atoms with Crippen molar-refractivity contribution in [2.24, 2.45) is 0 Å². The average Bonchev–Trinajstić information content (AvgIpc) is 2.16. The first-order valence-corrected chi connectivity index (χ1v) is 5.32. The average molecular weight is 198 g/mol. The van der Waals surface area contributed by atoms with Crippen LogP contribution < -0.4 is 0 Å². The lowest BCUT2D eigenvalue weighted by Gasteiger charge is -2.25. The van der Waals surface area contributed by atoms with Crippen LogP contribution in [-0.4, -0.2) is 37.7 Å². The molecule has 14 heavy (non-hydrogen) atoms. The van der Waals surface area contributed by atoms with Gasteiger partial charge in [-0.25, -0.2) is 0 Å². The molecule has 0 rings (SSSR count). The maximum atomic E-state index is 8.40. The molecule has 0 spiro atoms. The molecule has 82 valence electrons. The molecule has 0 aromatic carbocycles. The van der Waals surface area contributed by atoms with E-state index in [4.69, 9.17) is 10.00 Å². The van der Waals surface area contributed by atoms with Crippen LogP contribution in [0.1, 0.15) is 33.1 Å². The zero-order valence-electron chi connectivity index (χ0n) is 9.62. The first-order chi connectivity index (χ1) is 6.72. The van der Waals surface area contributed by atoms with E-state index in [0.29, 0.717) is 12.5 Å². The molecule has 0 aromatic rings. The Labute approximate surface area is 87.7 Å². The number of nitriles is 1. The summed E-state index contributed by atoms with van der Waals surface area (Å²) in [5.74, 6) is 0. The summed E-state index contributed by atoms with van der Waals surface area (Å²) in [6.07, 6.45) is 2.79. The minimum atomic E-state index is 0.562. The predicted molar refractivity (Wildman–Crippen MR) is 58.0 cm³/mol. The molecule has 0 fully saturated rings. The van der Waals surface area contributed by atoms with Gasteiger partial charge in [0, 0.05) is 26.1 Å². The minimum absolute atomic E-state index is 0.562. The highest BCUT2D eigenvalue weighted by Crippen LogP contribution is 2.02. The molecule has 0 N–H and O–H groups in total. The summed E-state index contributed by atoms with van der Waals surface area (Å²) in [5, 5.41) is 8.40. The normalized spacial score (nSPS) is 10.9. The number of rotatable bonds is 8. The van der Waals surface area contributed by atoms with Gasteiger partial charge in [0.1, 0.15) is 0 Å². The van der Waals surface area contributed by atoms with Gasteiger partial charge in [0.15, 0.2) is 0 Å². The van der Waals surface area contributed by atoms with Crippen LogP contribution in [-0.2, 0) is 4.74 Å². The van der Waals surface area contributed by atoms with Crippen molar-refractivity contribution < 1.29 is 4.74 Å². The van der Waals surface area contributed by atoms with Crippen LogP contribution in [0.25, 0.3) is 0 Å². The summed E-state index contributed by atoms with van der Waals surface area (Å²) in [4.78, 5) is 2.39. The molecule has 0 atom stereocenters. The molecule has 0 aliphatic heterocycles. The fourth-order valence-electron chi connectivity index (χ4n) is 1.36. The molecule has 0 radical (unpaired) electrons. The summed E-state index contributed by atoms with van der Waals surface area (Å²) in [7, 11) is 1.73. The van der Waals surface area contributed by atoms with Crippen LogP contribution in [0.5, 0.6) is 0 Å². The van der Waals surface area contributed by atoms with Crippen molar-refractivity contribution in [1.82, 2.24) is 4.90 Å². The van der Waals surface area contributed by atoms with Crippen LogP contribution in [0.2, 0.25) is 0 Å². The summed E-state index contributed by atoms with van der Waals surface area (Å²) in [6, 6.07) is 2.73. The Kier molecular flexibility index (Phi) is 8.61. The van der Waals surface area contributed by atoms with Gasteiger partial charge < -0.3 is 4.74 Å². The van der Waals surface area contributed by atoms with E-state index in [2.05, 4.69) is 24.8 Å². The van der Waals surface area contributed by atoms with Crippen LogP contribution in [0.4, 0.5) is 0 Å². The second-order valence-corrected chi connectivity index (χ2v) is 3.74. The molecule has 0 bridgehead atoms. The Balaban J connectivity index is 3.58. The van der Waals surface area contributed by atoms with E-state index in [1.165, 1.54) is 0 Å². The van der Waals surface area contributed by atoms with Gasteiger partial charge in [-0.05, 0) is 33.2 Å². The molecule has 0 aliphatic rings. The molecule has 3 heteroatoms. The van der Waals surface area contributed by atoms with Crippen molar-refractivity contribution in [2.45, 2.75) is 39.2 Å². The van der Waals surface area contributed by atoms with Crippen molar-refractivity contribution >= 4 is 0 Å². The first-order valence-electron chi connectivity index (χ1n) is 5.32. The lowest BCUT2D eigenvalue weighted by Crippen LogP contribution is -2.34. The van der Waals surface area contributed by atoms with Gasteiger partial charge in [0.25, 0.3) is 0 Å². The Morgan fingerprint density at radius 3 is 2.50 bits per heavy atom. The predicted octanol–water partition coefficient (Wildman–Crippen LogP) is 2.04. The lowest BCUT2D eigenvalue weighted by atomic mass is 10.2. The van der Waals surface area contributed by atoms with E-state index in [0.717, 1.165) is 32.5 Å². The largest absolute Gasteiger partial charge is 0.383 e. The molecule has 0 heterocycles. The maximum Gasteiger partial charge on any atom is 0.0621 e. The van der Waals surface area contributed by atoms with Crippen LogP contribution in [0, 0.1) is 11.3 Å². The Bertz CT molecular complexity index is 163. The number of ether oxygens (including phenoxy) is 1. The van der Waals surface area contributed by atoms with E-state index in [9.17, 15) is 0 Å². The van der Waals surface area contributed by atoms with Gasteiger partial charge in [0.2, 0.25) is 0 Å². The zero-order chi connectivity index (χ0) is 10.8. The van der Waals surface area contributed by atoms with Crippen molar-refractivity contribution in [3.8, 4) is 6.07 Å².